The number of fused-ring (bicyclic) bond motifs is 1. The van der Waals surface area contributed by atoms with E-state index in [1.807, 2.05) is 0 Å². The number of carbonyl (C=O) groups is 1. The topological polar surface area (TPSA) is 37.3 Å². The number of carboxylic acids is 1. The van der Waals surface area contributed by atoms with Gasteiger partial charge in [0.2, 0.25) is 0 Å². The summed E-state index contributed by atoms with van der Waals surface area (Å²) in [7, 11) is 0. The molecule has 0 unspecified atom stereocenters. The summed E-state index contributed by atoms with van der Waals surface area (Å²) in [6, 6.07) is 5.88. The third-order valence-electron chi connectivity index (χ3n) is 2.23. The first-order valence-corrected chi connectivity index (χ1v) is 5.50. The largest absolute Gasteiger partial charge is 0.477 e. The van der Waals surface area contributed by atoms with Crippen LogP contribution in [0.5, 0.6) is 0 Å². The van der Waals surface area contributed by atoms with E-state index >= 15 is 0 Å². The van der Waals surface area contributed by atoms with Gasteiger partial charge in [-0.2, -0.15) is 13.2 Å². The number of alkyl halides is 3. The Morgan fingerprint density at radius 2 is 2.06 bits per heavy atom. The molecule has 0 aliphatic heterocycles. The van der Waals surface area contributed by atoms with E-state index in [-0.39, 0.29) is 10.4 Å². The Morgan fingerprint density at radius 3 is 2.65 bits per heavy atom. The van der Waals surface area contributed by atoms with Crippen LogP contribution in [0.4, 0.5) is 13.2 Å². The second kappa shape index (κ2) is 4.03. The van der Waals surface area contributed by atoms with Gasteiger partial charge in [-0.1, -0.05) is 18.2 Å². The van der Waals surface area contributed by atoms with Crippen molar-refractivity contribution >= 4 is 27.4 Å². The average molecular weight is 260 g/mol. The van der Waals surface area contributed by atoms with Crippen LogP contribution < -0.4 is 0 Å². The van der Waals surface area contributed by atoms with E-state index in [0.29, 0.717) is 10.1 Å². The highest BCUT2D eigenvalue weighted by Gasteiger charge is 2.28. The molecule has 0 fully saturated rings. The van der Waals surface area contributed by atoms with E-state index in [4.69, 9.17) is 5.11 Å². The van der Waals surface area contributed by atoms with Gasteiger partial charge >= 0.3 is 12.1 Å². The highest BCUT2D eigenvalue weighted by molar-refractivity contribution is 7.20. The summed E-state index contributed by atoms with van der Waals surface area (Å²) < 4.78 is 37.4. The van der Waals surface area contributed by atoms with Gasteiger partial charge in [0.05, 0.1) is 6.42 Å². The van der Waals surface area contributed by atoms with Crippen molar-refractivity contribution in [1.82, 2.24) is 0 Å². The summed E-state index contributed by atoms with van der Waals surface area (Å²) in [4.78, 5) is 10.8. The van der Waals surface area contributed by atoms with Gasteiger partial charge in [0.15, 0.2) is 0 Å². The van der Waals surface area contributed by atoms with E-state index in [9.17, 15) is 18.0 Å². The van der Waals surface area contributed by atoms with Crippen LogP contribution in [0.25, 0.3) is 10.1 Å². The Bertz CT molecular complexity index is 572. The highest BCUT2D eigenvalue weighted by Crippen LogP contribution is 2.32. The van der Waals surface area contributed by atoms with Crippen molar-refractivity contribution in [2.75, 3.05) is 0 Å². The third kappa shape index (κ3) is 2.58. The second-order valence-corrected chi connectivity index (χ2v) is 4.60. The molecule has 2 nitrogen and oxygen atoms in total. The summed E-state index contributed by atoms with van der Waals surface area (Å²) >= 11 is 0.873. The number of halogens is 3. The van der Waals surface area contributed by atoms with Crippen LogP contribution in [0.2, 0.25) is 0 Å². The molecule has 17 heavy (non-hydrogen) atoms. The Kier molecular flexibility index (Phi) is 2.82. The van der Waals surface area contributed by atoms with Crippen LogP contribution >= 0.6 is 11.3 Å². The normalized spacial score (nSPS) is 11.9. The monoisotopic (exact) mass is 260 g/mol. The molecule has 1 heterocycles. The molecule has 0 radical (unpaired) electrons. The fraction of sp³-hybridized carbons (Fsp3) is 0.182. The molecule has 0 saturated heterocycles. The predicted molar refractivity (Wildman–Crippen MR) is 58.5 cm³/mol. The zero-order valence-corrected chi connectivity index (χ0v) is 9.23. The number of carboxylic acid groups (broad SMARTS) is 1. The van der Waals surface area contributed by atoms with Crippen molar-refractivity contribution in [1.29, 1.82) is 0 Å². The van der Waals surface area contributed by atoms with Crippen LogP contribution in [0.1, 0.15) is 15.2 Å². The van der Waals surface area contributed by atoms with Crippen molar-refractivity contribution in [2.24, 2.45) is 0 Å². The molecule has 0 aliphatic carbocycles. The number of hydrogen-bond donors (Lipinski definition) is 1. The number of aromatic carboxylic acids is 1. The van der Waals surface area contributed by atoms with Crippen molar-refractivity contribution < 1.29 is 23.1 Å². The molecule has 0 aliphatic rings. The lowest BCUT2D eigenvalue weighted by Crippen LogP contribution is -2.11. The maximum atomic E-state index is 12.3. The van der Waals surface area contributed by atoms with E-state index in [0.717, 1.165) is 11.3 Å². The van der Waals surface area contributed by atoms with Crippen LogP contribution in [0.3, 0.4) is 0 Å². The van der Waals surface area contributed by atoms with Gasteiger partial charge in [-0.25, -0.2) is 4.79 Å². The Hall–Kier alpha value is -1.56. The highest BCUT2D eigenvalue weighted by atomic mass is 32.1. The SMILES string of the molecule is O=C(O)c1cc2cccc(CC(F)(F)F)c2s1. The van der Waals surface area contributed by atoms with Gasteiger partial charge < -0.3 is 5.11 Å². The minimum Gasteiger partial charge on any atom is -0.477 e. The van der Waals surface area contributed by atoms with Gasteiger partial charge in [0.1, 0.15) is 4.88 Å². The molecule has 0 atom stereocenters. The molecule has 0 amide bonds. The first-order valence-electron chi connectivity index (χ1n) is 4.68. The lowest BCUT2D eigenvalue weighted by molar-refractivity contribution is -0.126. The van der Waals surface area contributed by atoms with Crippen molar-refractivity contribution in [2.45, 2.75) is 12.6 Å². The zero-order valence-electron chi connectivity index (χ0n) is 8.41. The average Bonchev–Trinajstić information content (AvgIpc) is 2.60. The Balaban J connectivity index is 2.53. The van der Waals surface area contributed by atoms with Gasteiger partial charge in [0.25, 0.3) is 0 Å². The summed E-state index contributed by atoms with van der Waals surface area (Å²) in [5.41, 5.74) is 0.118. The number of benzene rings is 1. The van der Waals surface area contributed by atoms with E-state index in [1.54, 1.807) is 6.07 Å². The first-order chi connectivity index (χ1) is 7.87. The van der Waals surface area contributed by atoms with Crippen LogP contribution in [0.15, 0.2) is 24.3 Å². The smallest absolute Gasteiger partial charge is 0.393 e. The van der Waals surface area contributed by atoms with Crippen molar-refractivity contribution in [3.8, 4) is 0 Å². The van der Waals surface area contributed by atoms with Crippen LogP contribution in [0, 0.1) is 0 Å². The molecule has 0 bridgehead atoms. The third-order valence-corrected chi connectivity index (χ3v) is 3.44. The summed E-state index contributed by atoms with van der Waals surface area (Å²) in [5.74, 6) is -1.12. The van der Waals surface area contributed by atoms with Crippen molar-refractivity contribution in [3.63, 3.8) is 0 Å². The molecule has 1 aromatic heterocycles. The summed E-state index contributed by atoms with van der Waals surface area (Å²) in [5, 5.41) is 9.33. The zero-order chi connectivity index (χ0) is 12.6. The molecule has 2 aromatic rings. The number of rotatable bonds is 2. The maximum absolute atomic E-state index is 12.3. The number of hydrogen-bond acceptors (Lipinski definition) is 2. The second-order valence-electron chi connectivity index (χ2n) is 3.54. The molecule has 1 N–H and O–H groups in total. The predicted octanol–water partition coefficient (Wildman–Crippen LogP) is 3.70. The molecular weight excluding hydrogens is 253 g/mol. The Labute approximate surface area is 98.3 Å². The van der Waals surface area contributed by atoms with Gasteiger partial charge in [-0.15, -0.1) is 11.3 Å². The fourth-order valence-corrected chi connectivity index (χ4v) is 2.59. The summed E-state index contributed by atoms with van der Waals surface area (Å²) in [6.45, 7) is 0. The van der Waals surface area contributed by atoms with Gasteiger partial charge in [-0.3, -0.25) is 0 Å². The van der Waals surface area contributed by atoms with E-state index in [1.165, 1.54) is 18.2 Å². The molecule has 6 heteroatoms. The fourth-order valence-electron chi connectivity index (χ4n) is 1.58. The molecular formula is C11H7F3O2S. The molecule has 0 spiro atoms. The molecule has 1 aromatic carbocycles. The van der Waals surface area contributed by atoms with E-state index in [2.05, 4.69) is 0 Å². The van der Waals surface area contributed by atoms with Gasteiger partial charge in [0, 0.05) is 4.70 Å². The summed E-state index contributed by atoms with van der Waals surface area (Å²) in [6.07, 6.45) is -5.33. The standard InChI is InChI=1S/C11H7F3O2S/c12-11(13,14)5-7-3-1-2-6-4-8(10(15)16)17-9(6)7/h1-4H,5H2,(H,15,16). The lowest BCUT2D eigenvalue weighted by Gasteiger charge is -2.06. The quantitative estimate of drug-likeness (QED) is 0.893. The molecule has 2 rings (SSSR count). The van der Waals surface area contributed by atoms with Crippen LogP contribution in [-0.2, 0) is 6.42 Å². The molecule has 0 saturated carbocycles. The Morgan fingerprint density at radius 1 is 1.35 bits per heavy atom. The first kappa shape index (κ1) is 11.9. The minimum absolute atomic E-state index is 0.0506. The van der Waals surface area contributed by atoms with Crippen LogP contribution in [-0.4, -0.2) is 17.3 Å². The van der Waals surface area contributed by atoms with Crippen molar-refractivity contribution in [3.05, 3.63) is 34.7 Å². The van der Waals surface area contributed by atoms with Gasteiger partial charge in [-0.05, 0) is 17.0 Å². The number of thiophene rings is 1. The lowest BCUT2D eigenvalue weighted by atomic mass is 10.1. The minimum atomic E-state index is -4.29. The van der Waals surface area contributed by atoms with E-state index < -0.39 is 18.6 Å². The molecule has 90 valence electrons. The maximum Gasteiger partial charge on any atom is 0.393 e.